The maximum Gasteiger partial charge on any atom is 0.242 e. The molecule has 7 nitrogen and oxygen atoms in total. The van der Waals surface area contributed by atoms with Crippen LogP contribution in [0.1, 0.15) is 11.8 Å². The van der Waals surface area contributed by atoms with Crippen LogP contribution in [0.5, 0.6) is 0 Å². The maximum absolute atomic E-state index is 12.0. The maximum atomic E-state index is 12.0. The number of carbonyl (C=O) groups is 2. The van der Waals surface area contributed by atoms with E-state index in [1.54, 1.807) is 16.2 Å². The summed E-state index contributed by atoms with van der Waals surface area (Å²) in [6.07, 6.45) is 2.91. The first-order valence-corrected chi connectivity index (χ1v) is 7.90. The Morgan fingerprint density at radius 2 is 2.10 bits per heavy atom. The molecule has 0 saturated carbocycles. The molecule has 1 aromatic heterocycles. The van der Waals surface area contributed by atoms with Crippen LogP contribution in [0.25, 0.3) is 0 Å². The molecule has 2 rings (SSSR count). The highest BCUT2D eigenvalue weighted by atomic mass is 32.1. The quantitative estimate of drug-likeness (QED) is 0.760. The second-order valence-corrected chi connectivity index (χ2v) is 5.91. The van der Waals surface area contributed by atoms with Crippen LogP contribution in [-0.2, 0) is 16.0 Å². The highest BCUT2D eigenvalue weighted by Gasteiger charge is 2.22. The van der Waals surface area contributed by atoms with Crippen LogP contribution in [-0.4, -0.2) is 61.0 Å². The zero-order valence-corrected chi connectivity index (χ0v) is 13.0. The van der Waals surface area contributed by atoms with Crippen molar-refractivity contribution in [3.63, 3.8) is 0 Å². The van der Waals surface area contributed by atoms with Crippen molar-refractivity contribution in [1.82, 2.24) is 15.2 Å². The van der Waals surface area contributed by atoms with Crippen LogP contribution in [0.2, 0.25) is 0 Å². The average molecular weight is 311 g/mol. The van der Waals surface area contributed by atoms with E-state index in [0.717, 1.165) is 24.6 Å². The minimum absolute atomic E-state index is 0.0211. The van der Waals surface area contributed by atoms with Crippen molar-refractivity contribution in [2.24, 2.45) is 5.73 Å². The SMILES string of the molecule is CCc1cnc(N2CCN(C(=O)CNC(=O)CN)CC2)s1. The van der Waals surface area contributed by atoms with Gasteiger partial charge in [0.15, 0.2) is 5.13 Å². The van der Waals surface area contributed by atoms with Crippen LogP contribution in [0, 0.1) is 0 Å². The summed E-state index contributed by atoms with van der Waals surface area (Å²) >= 11 is 1.71. The molecule has 0 radical (unpaired) electrons. The number of hydrogen-bond donors (Lipinski definition) is 2. The molecular weight excluding hydrogens is 290 g/mol. The molecule has 1 aliphatic heterocycles. The van der Waals surface area contributed by atoms with Gasteiger partial charge in [-0.3, -0.25) is 9.59 Å². The summed E-state index contributed by atoms with van der Waals surface area (Å²) in [7, 11) is 0. The molecule has 21 heavy (non-hydrogen) atoms. The number of aryl methyl sites for hydroxylation is 1. The lowest BCUT2D eigenvalue weighted by molar-refractivity contribution is -0.132. The molecule has 0 unspecified atom stereocenters. The summed E-state index contributed by atoms with van der Waals surface area (Å²) in [4.78, 5) is 32.7. The van der Waals surface area contributed by atoms with Gasteiger partial charge in [0, 0.05) is 37.3 Å². The zero-order valence-electron chi connectivity index (χ0n) is 12.2. The highest BCUT2D eigenvalue weighted by molar-refractivity contribution is 7.15. The second kappa shape index (κ2) is 7.37. The van der Waals surface area contributed by atoms with Gasteiger partial charge >= 0.3 is 0 Å². The number of anilines is 1. The van der Waals surface area contributed by atoms with Crippen LogP contribution in [0.3, 0.4) is 0 Å². The number of piperazine rings is 1. The van der Waals surface area contributed by atoms with Crippen molar-refractivity contribution in [2.75, 3.05) is 44.2 Å². The van der Waals surface area contributed by atoms with E-state index in [1.165, 1.54) is 4.88 Å². The molecular formula is C13H21N5O2S. The first-order valence-electron chi connectivity index (χ1n) is 7.08. The lowest BCUT2D eigenvalue weighted by Crippen LogP contribution is -2.51. The molecule has 0 bridgehead atoms. The van der Waals surface area contributed by atoms with Gasteiger partial charge in [-0.2, -0.15) is 0 Å². The molecule has 3 N–H and O–H groups in total. The summed E-state index contributed by atoms with van der Waals surface area (Å²) in [5.41, 5.74) is 5.18. The molecule has 2 heterocycles. The minimum Gasteiger partial charge on any atom is -0.346 e. The van der Waals surface area contributed by atoms with Crippen LogP contribution >= 0.6 is 11.3 Å². The Morgan fingerprint density at radius 1 is 1.38 bits per heavy atom. The van der Waals surface area contributed by atoms with Gasteiger partial charge in [-0.25, -0.2) is 4.98 Å². The Bertz CT molecular complexity index is 497. The monoisotopic (exact) mass is 311 g/mol. The number of thiazole rings is 1. The van der Waals surface area contributed by atoms with Gasteiger partial charge in [0.05, 0.1) is 13.1 Å². The fourth-order valence-electron chi connectivity index (χ4n) is 2.11. The standard InChI is InChI=1S/C13H21N5O2S/c1-2-10-8-16-13(21-10)18-5-3-17(4-6-18)12(20)9-15-11(19)7-14/h8H,2-7,9,14H2,1H3,(H,15,19). The molecule has 8 heteroatoms. The molecule has 0 atom stereocenters. The number of carbonyl (C=O) groups excluding carboxylic acids is 2. The van der Waals surface area contributed by atoms with E-state index in [-0.39, 0.29) is 24.9 Å². The van der Waals surface area contributed by atoms with Gasteiger partial charge in [0.2, 0.25) is 11.8 Å². The highest BCUT2D eigenvalue weighted by Crippen LogP contribution is 2.23. The van der Waals surface area contributed by atoms with E-state index in [4.69, 9.17) is 5.73 Å². The van der Waals surface area contributed by atoms with Gasteiger partial charge < -0.3 is 20.9 Å². The molecule has 1 aliphatic rings. The fraction of sp³-hybridized carbons (Fsp3) is 0.615. The van der Waals surface area contributed by atoms with Gasteiger partial charge in [0.25, 0.3) is 0 Å². The third-order valence-electron chi connectivity index (χ3n) is 3.41. The van der Waals surface area contributed by atoms with Gasteiger partial charge in [-0.15, -0.1) is 11.3 Å². The van der Waals surface area contributed by atoms with Crippen LogP contribution in [0.4, 0.5) is 5.13 Å². The lowest BCUT2D eigenvalue weighted by Gasteiger charge is -2.34. The van der Waals surface area contributed by atoms with Gasteiger partial charge in [0.1, 0.15) is 0 Å². The van der Waals surface area contributed by atoms with Crippen molar-refractivity contribution in [3.05, 3.63) is 11.1 Å². The summed E-state index contributed by atoms with van der Waals surface area (Å²) in [6.45, 7) is 4.89. The van der Waals surface area contributed by atoms with Crippen molar-refractivity contribution >= 4 is 28.3 Å². The largest absolute Gasteiger partial charge is 0.346 e. The summed E-state index contributed by atoms with van der Waals surface area (Å²) in [6, 6.07) is 0. The van der Waals surface area contributed by atoms with Crippen LogP contribution in [0.15, 0.2) is 6.20 Å². The number of aromatic nitrogens is 1. The number of rotatable bonds is 5. The second-order valence-electron chi connectivity index (χ2n) is 4.81. The first kappa shape index (κ1) is 15.7. The van der Waals surface area contributed by atoms with Gasteiger partial charge in [-0.1, -0.05) is 6.92 Å². The Labute approximate surface area is 128 Å². The molecule has 1 saturated heterocycles. The normalized spacial score (nSPS) is 15.1. The first-order chi connectivity index (χ1) is 10.1. The van der Waals surface area contributed by atoms with E-state index in [9.17, 15) is 9.59 Å². The van der Waals surface area contributed by atoms with E-state index in [2.05, 4.69) is 22.1 Å². The Morgan fingerprint density at radius 3 is 2.67 bits per heavy atom. The van der Waals surface area contributed by atoms with Gasteiger partial charge in [-0.05, 0) is 6.42 Å². The van der Waals surface area contributed by atoms with E-state index < -0.39 is 0 Å². The van der Waals surface area contributed by atoms with E-state index in [1.807, 2.05) is 6.20 Å². The topological polar surface area (TPSA) is 91.6 Å². The fourth-order valence-corrected chi connectivity index (χ4v) is 3.01. The molecule has 116 valence electrons. The number of nitrogens with two attached hydrogens (primary N) is 1. The Balaban J connectivity index is 1.79. The summed E-state index contributed by atoms with van der Waals surface area (Å²) in [5.74, 6) is -0.373. The van der Waals surface area contributed by atoms with E-state index in [0.29, 0.717) is 13.1 Å². The molecule has 2 amide bonds. The van der Waals surface area contributed by atoms with Crippen LogP contribution < -0.4 is 16.0 Å². The predicted octanol–water partition coefficient (Wildman–Crippen LogP) is -0.571. The Kier molecular flexibility index (Phi) is 5.51. The van der Waals surface area contributed by atoms with Crippen molar-refractivity contribution in [3.8, 4) is 0 Å². The van der Waals surface area contributed by atoms with E-state index >= 15 is 0 Å². The molecule has 1 fully saturated rings. The van der Waals surface area contributed by atoms with Crippen molar-refractivity contribution in [1.29, 1.82) is 0 Å². The summed E-state index contributed by atoms with van der Waals surface area (Å²) < 4.78 is 0. The van der Waals surface area contributed by atoms with Crippen molar-refractivity contribution in [2.45, 2.75) is 13.3 Å². The molecule has 0 aromatic carbocycles. The zero-order chi connectivity index (χ0) is 15.2. The third-order valence-corrected chi connectivity index (χ3v) is 4.62. The predicted molar refractivity (Wildman–Crippen MR) is 82.3 cm³/mol. The smallest absolute Gasteiger partial charge is 0.242 e. The lowest BCUT2D eigenvalue weighted by atomic mass is 10.3. The number of amides is 2. The summed E-state index contributed by atoms with van der Waals surface area (Å²) in [5, 5.41) is 3.53. The number of nitrogens with one attached hydrogen (secondary N) is 1. The molecule has 0 aliphatic carbocycles. The Hall–Kier alpha value is -1.67. The third kappa shape index (κ3) is 4.15. The van der Waals surface area contributed by atoms with Crippen molar-refractivity contribution < 1.29 is 9.59 Å². The average Bonchev–Trinajstić information content (AvgIpc) is 3.01. The molecule has 0 spiro atoms. The molecule has 1 aromatic rings. The minimum atomic E-state index is -0.308. The number of nitrogens with zero attached hydrogens (tertiary/aromatic N) is 3. The number of hydrogen-bond acceptors (Lipinski definition) is 6.